The third kappa shape index (κ3) is 4.54. The zero-order valence-electron chi connectivity index (χ0n) is 18.1. The number of carbonyl (C=O) groups is 1. The average Bonchev–Trinajstić information content (AvgIpc) is 3.26. The molecule has 0 radical (unpaired) electrons. The van der Waals surface area contributed by atoms with Crippen LogP contribution in [0, 0.1) is 0 Å². The standard InChI is InChI=1S/C22H30IN3O3S/c1-22(2,3)29-21(27)26(4)14-6-8-15(9-7-14)28-19-18-17-13(11-23)5-10-16(17)30-20(18)25-12-24-19/h12-15H,5-11H2,1-4H3/t13-,14-,15-/m1/s1. The van der Waals surface area contributed by atoms with E-state index >= 15 is 0 Å². The molecule has 30 heavy (non-hydrogen) atoms. The van der Waals surface area contributed by atoms with Crippen LogP contribution in [-0.2, 0) is 11.2 Å². The Morgan fingerprint density at radius 1 is 1.23 bits per heavy atom. The maximum absolute atomic E-state index is 12.4. The molecule has 0 bridgehead atoms. The van der Waals surface area contributed by atoms with Crippen LogP contribution in [0.15, 0.2) is 6.33 Å². The molecule has 1 saturated carbocycles. The number of rotatable bonds is 4. The Bertz CT molecular complexity index is 918. The van der Waals surface area contributed by atoms with Crippen LogP contribution in [0.4, 0.5) is 4.79 Å². The minimum atomic E-state index is -0.472. The van der Waals surface area contributed by atoms with Crippen molar-refractivity contribution in [3.05, 3.63) is 16.8 Å². The fourth-order valence-electron chi connectivity index (χ4n) is 4.48. The average molecular weight is 543 g/mol. The number of thiophene rings is 1. The van der Waals surface area contributed by atoms with E-state index in [1.54, 1.807) is 22.6 Å². The van der Waals surface area contributed by atoms with Crippen molar-refractivity contribution in [1.29, 1.82) is 0 Å². The third-order valence-electron chi connectivity index (χ3n) is 6.03. The molecule has 2 aromatic heterocycles. The number of nitrogens with zero attached hydrogens (tertiary/aromatic N) is 3. The monoisotopic (exact) mass is 543 g/mol. The van der Waals surface area contributed by atoms with Crippen LogP contribution in [0.25, 0.3) is 10.2 Å². The lowest BCUT2D eigenvalue weighted by Gasteiger charge is -2.35. The van der Waals surface area contributed by atoms with Gasteiger partial charge in [-0.15, -0.1) is 11.3 Å². The molecule has 8 heteroatoms. The molecule has 2 aliphatic carbocycles. The summed E-state index contributed by atoms with van der Waals surface area (Å²) < 4.78 is 13.1. The predicted molar refractivity (Wildman–Crippen MR) is 128 cm³/mol. The summed E-state index contributed by atoms with van der Waals surface area (Å²) in [5.74, 6) is 1.33. The van der Waals surface area contributed by atoms with Crippen molar-refractivity contribution in [2.75, 3.05) is 11.5 Å². The minimum Gasteiger partial charge on any atom is -0.474 e. The molecule has 0 unspecified atom stereocenters. The number of amides is 1. The number of hydrogen-bond donors (Lipinski definition) is 0. The highest BCUT2D eigenvalue weighted by atomic mass is 127. The van der Waals surface area contributed by atoms with Crippen molar-refractivity contribution in [1.82, 2.24) is 14.9 Å². The molecule has 0 spiro atoms. The first-order valence-corrected chi connectivity index (χ1v) is 13.1. The molecular weight excluding hydrogens is 513 g/mol. The van der Waals surface area contributed by atoms with Gasteiger partial charge in [0.05, 0.1) is 5.39 Å². The Balaban J connectivity index is 1.43. The van der Waals surface area contributed by atoms with Gasteiger partial charge in [0, 0.05) is 22.4 Å². The fraction of sp³-hybridized carbons (Fsp3) is 0.682. The summed E-state index contributed by atoms with van der Waals surface area (Å²) in [6, 6.07) is 0.193. The highest BCUT2D eigenvalue weighted by Crippen LogP contribution is 2.46. The van der Waals surface area contributed by atoms with Crippen molar-refractivity contribution in [3.8, 4) is 5.88 Å². The van der Waals surface area contributed by atoms with Gasteiger partial charge in [0.2, 0.25) is 5.88 Å². The normalized spacial score (nSPS) is 24.0. The summed E-state index contributed by atoms with van der Waals surface area (Å²) in [5.41, 5.74) is 0.957. The Morgan fingerprint density at radius 3 is 2.63 bits per heavy atom. The first kappa shape index (κ1) is 22.0. The van der Waals surface area contributed by atoms with Gasteiger partial charge in [0.25, 0.3) is 0 Å². The van der Waals surface area contributed by atoms with Gasteiger partial charge in [-0.3, -0.25) is 0 Å². The largest absolute Gasteiger partial charge is 0.474 e. The summed E-state index contributed by atoms with van der Waals surface area (Å²) in [7, 11) is 1.84. The Morgan fingerprint density at radius 2 is 1.97 bits per heavy atom. The zero-order valence-corrected chi connectivity index (χ0v) is 21.1. The second-order valence-electron chi connectivity index (χ2n) is 9.33. The molecule has 2 heterocycles. The quantitative estimate of drug-likeness (QED) is 0.365. The molecule has 0 saturated heterocycles. The van der Waals surface area contributed by atoms with Crippen LogP contribution in [0.2, 0.25) is 0 Å². The molecular formula is C22H30IN3O3S. The van der Waals surface area contributed by atoms with Gasteiger partial charge in [-0.1, -0.05) is 22.6 Å². The Kier molecular flexibility index (Phi) is 6.44. The number of halogens is 1. The first-order valence-electron chi connectivity index (χ1n) is 10.7. The summed E-state index contributed by atoms with van der Waals surface area (Å²) in [6.45, 7) is 5.70. The van der Waals surface area contributed by atoms with Crippen LogP contribution in [0.1, 0.15) is 69.2 Å². The van der Waals surface area contributed by atoms with Gasteiger partial charge >= 0.3 is 6.09 Å². The highest BCUT2D eigenvalue weighted by Gasteiger charge is 2.32. The van der Waals surface area contributed by atoms with Gasteiger partial charge in [-0.2, -0.15) is 0 Å². The van der Waals surface area contributed by atoms with Crippen LogP contribution in [0.3, 0.4) is 0 Å². The summed E-state index contributed by atoms with van der Waals surface area (Å²) in [4.78, 5) is 25.7. The smallest absolute Gasteiger partial charge is 0.410 e. The molecule has 1 atom stereocenters. The van der Waals surface area contributed by atoms with E-state index in [9.17, 15) is 4.79 Å². The maximum Gasteiger partial charge on any atom is 0.410 e. The summed E-state index contributed by atoms with van der Waals surface area (Å²) >= 11 is 4.29. The summed E-state index contributed by atoms with van der Waals surface area (Å²) in [6.07, 6.45) is 7.51. The van der Waals surface area contributed by atoms with Gasteiger partial charge in [0.1, 0.15) is 22.9 Å². The molecule has 4 rings (SSSR count). The van der Waals surface area contributed by atoms with Gasteiger partial charge in [-0.05, 0) is 70.8 Å². The lowest BCUT2D eigenvalue weighted by Crippen LogP contribution is -2.43. The molecule has 2 aliphatic rings. The second kappa shape index (κ2) is 8.76. The van der Waals surface area contributed by atoms with Crippen molar-refractivity contribution in [2.24, 2.45) is 0 Å². The number of ether oxygens (including phenoxy) is 2. The van der Waals surface area contributed by atoms with E-state index in [0.717, 1.165) is 52.6 Å². The number of fused-ring (bicyclic) bond motifs is 3. The van der Waals surface area contributed by atoms with Gasteiger partial charge < -0.3 is 14.4 Å². The molecule has 2 aromatic rings. The van der Waals surface area contributed by atoms with E-state index in [2.05, 4.69) is 32.6 Å². The van der Waals surface area contributed by atoms with Crippen molar-refractivity contribution < 1.29 is 14.3 Å². The van der Waals surface area contributed by atoms with E-state index in [0.29, 0.717) is 5.92 Å². The number of aryl methyl sites for hydroxylation is 1. The SMILES string of the molecule is CN(C(=O)OC(C)(C)C)[C@H]1CC[C@H](Oc2ncnc3sc4c(c23)[C@@H](CI)CC4)CC1. The number of carbonyl (C=O) groups excluding carboxylic acids is 1. The van der Waals surface area contributed by atoms with Crippen LogP contribution in [0.5, 0.6) is 5.88 Å². The minimum absolute atomic E-state index is 0.126. The van der Waals surface area contributed by atoms with Crippen molar-refractivity contribution in [3.63, 3.8) is 0 Å². The van der Waals surface area contributed by atoms with Crippen LogP contribution in [-0.4, -0.2) is 50.2 Å². The predicted octanol–water partition coefficient (Wildman–Crippen LogP) is 5.71. The third-order valence-corrected chi connectivity index (χ3v) is 8.27. The molecule has 0 aliphatic heterocycles. The zero-order chi connectivity index (χ0) is 21.5. The molecule has 0 N–H and O–H groups in total. The molecule has 1 fully saturated rings. The fourth-order valence-corrected chi connectivity index (χ4v) is 6.59. The molecule has 6 nitrogen and oxygen atoms in total. The van der Waals surface area contributed by atoms with E-state index < -0.39 is 5.60 Å². The van der Waals surface area contributed by atoms with E-state index in [1.807, 2.05) is 27.8 Å². The van der Waals surface area contributed by atoms with Crippen LogP contribution < -0.4 is 4.74 Å². The van der Waals surface area contributed by atoms with Gasteiger partial charge in [-0.25, -0.2) is 14.8 Å². The molecule has 0 aromatic carbocycles. The van der Waals surface area contributed by atoms with Gasteiger partial charge in [0.15, 0.2) is 0 Å². The van der Waals surface area contributed by atoms with E-state index in [-0.39, 0.29) is 18.2 Å². The lowest BCUT2D eigenvalue weighted by molar-refractivity contribution is 0.0138. The molecule has 164 valence electrons. The topological polar surface area (TPSA) is 64.6 Å². The number of hydrogen-bond acceptors (Lipinski definition) is 6. The number of aromatic nitrogens is 2. The lowest BCUT2D eigenvalue weighted by atomic mass is 9.92. The molecule has 1 amide bonds. The maximum atomic E-state index is 12.4. The second-order valence-corrected chi connectivity index (χ2v) is 11.3. The van der Waals surface area contributed by atoms with Crippen molar-refractivity contribution >= 4 is 50.2 Å². The van der Waals surface area contributed by atoms with Crippen LogP contribution >= 0.6 is 33.9 Å². The Labute approximate surface area is 195 Å². The highest BCUT2D eigenvalue weighted by molar-refractivity contribution is 14.1. The van der Waals surface area contributed by atoms with E-state index in [4.69, 9.17) is 9.47 Å². The first-order chi connectivity index (χ1) is 14.3. The summed E-state index contributed by atoms with van der Waals surface area (Å²) in [5, 5.41) is 1.14. The van der Waals surface area contributed by atoms with E-state index in [1.165, 1.54) is 16.9 Å². The Hall–Kier alpha value is -1.16. The van der Waals surface area contributed by atoms with Crippen molar-refractivity contribution in [2.45, 2.75) is 83.0 Å². The number of alkyl halides is 1.